The van der Waals surface area contributed by atoms with Gasteiger partial charge in [-0.25, -0.2) is 9.18 Å². The Kier molecular flexibility index (Phi) is 3.40. The molecule has 1 heterocycles. The largest absolute Gasteiger partial charge is 0.323 e. The number of benzene rings is 2. The summed E-state index contributed by atoms with van der Waals surface area (Å²) in [6.45, 7) is 0. The van der Waals surface area contributed by atoms with Gasteiger partial charge in [0.2, 0.25) is 0 Å². The van der Waals surface area contributed by atoms with E-state index in [4.69, 9.17) is 11.6 Å². The van der Waals surface area contributed by atoms with Crippen LogP contribution in [-0.4, -0.2) is 9.97 Å². The molecule has 2 aromatic carbocycles. The van der Waals surface area contributed by atoms with Gasteiger partial charge in [0.25, 0.3) is 0 Å². The molecule has 0 bridgehead atoms. The van der Waals surface area contributed by atoms with Gasteiger partial charge in [-0.2, -0.15) is 0 Å². The number of hydrogen-bond acceptors (Lipinski definition) is 1. The zero-order chi connectivity index (χ0) is 14.3. The summed E-state index contributed by atoms with van der Waals surface area (Å²) < 4.78 is 14.0. The van der Waals surface area contributed by atoms with E-state index in [0.717, 1.165) is 10.0 Å². The molecule has 0 saturated carbocycles. The fourth-order valence-electron chi connectivity index (χ4n) is 2.11. The fourth-order valence-corrected chi connectivity index (χ4v) is 3.13. The number of fused-ring (bicyclic) bond motifs is 1. The predicted octanol–water partition coefficient (Wildman–Crippen LogP) is 4.09. The molecule has 1 unspecified atom stereocenters. The summed E-state index contributed by atoms with van der Waals surface area (Å²) in [4.78, 5) is 16.6. The van der Waals surface area contributed by atoms with Gasteiger partial charge in [0, 0.05) is 4.47 Å². The zero-order valence-electron chi connectivity index (χ0n) is 10.1. The van der Waals surface area contributed by atoms with Gasteiger partial charge in [-0.3, -0.25) is 0 Å². The van der Waals surface area contributed by atoms with Crippen molar-refractivity contribution in [3.63, 3.8) is 0 Å². The predicted molar refractivity (Wildman–Crippen MR) is 80.7 cm³/mol. The Morgan fingerprint density at radius 2 is 1.85 bits per heavy atom. The zero-order valence-corrected chi connectivity index (χ0v) is 12.4. The minimum Gasteiger partial charge on any atom is -0.306 e. The third-order valence-electron chi connectivity index (χ3n) is 3.05. The van der Waals surface area contributed by atoms with E-state index >= 15 is 0 Å². The molecule has 3 rings (SSSR count). The second-order valence-corrected chi connectivity index (χ2v) is 5.71. The lowest BCUT2D eigenvalue weighted by Gasteiger charge is -2.12. The Bertz CT molecular complexity index is 843. The van der Waals surface area contributed by atoms with Crippen LogP contribution in [-0.2, 0) is 0 Å². The summed E-state index contributed by atoms with van der Waals surface area (Å²) >= 11 is 9.85. The molecule has 0 aliphatic rings. The highest BCUT2D eigenvalue weighted by atomic mass is 79.9. The maximum Gasteiger partial charge on any atom is 0.323 e. The molecule has 1 aromatic heterocycles. The first-order chi connectivity index (χ1) is 9.54. The summed E-state index contributed by atoms with van der Waals surface area (Å²) in [5.41, 5.74) is 2.49. The van der Waals surface area contributed by atoms with E-state index in [-0.39, 0.29) is 11.5 Å². The van der Waals surface area contributed by atoms with E-state index in [1.165, 1.54) is 12.1 Å². The highest BCUT2D eigenvalue weighted by Crippen LogP contribution is 2.35. The highest BCUT2D eigenvalue weighted by molar-refractivity contribution is 9.10. The molecule has 0 amide bonds. The van der Waals surface area contributed by atoms with Crippen molar-refractivity contribution in [3.05, 3.63) is 68.3 Å². The van der Waals surface area contributed by atoms with Gasteiger partial charge >= 0.3 is 5.69 Å². The van der Waals surface area contributed by atoms with Crippen molar-refractivity contribution in [1.82, 2.24) is 9.97 Å². The molecule has 3 aromatic rings. The number of nitrogens with one attached hydrogen (secondary N) is 2. The first kappa shape index (κ1) is 13.4. The van der Waals surface area contributed by atoms with E-state index in [1.807, 2.05) is 0 Å². The smallest absolute Gasteiger partial charge is 0.306 e. The summed E-state index contributed by atoms with van der Waals surface area (Å²) in [7, 11) is 0. The second kappa shape index (κ2) is 5.07. The summed E-state index contributed by atoms with van der Waals surface area (Å²) in [6, 6.07) is 9.70. The quantitative estimate of drug-likeness (QED) is 0.668. The number of aromatic amines is 2. The van der Waals surface area contributed by atoms with Gasteiger partial charge < -0.3 is 9.97 Å². The van der Waals surface area contributed by atoms with Crippen molar-refractivity contribution in [3.8, 4) is 0 Å². The Labute approximate surface area is 126 Å². The van der Waals surface area contributed by atoms with Crippen LogP contribution in [0.5, 0.6) is 0 Å². The molecule has 6 heteroatoms. The van der Waals surface area contributed by atoms with Crippen LogP contribution in [0.25, 0.3) is 11.0 Å². The molecule has 0 saturated heterocycles. The minimum atomic E-state index is -0.511. The summed E-state index contributed by atoms with van der Waals surface area (Å²) in [5, 5.41) is -0.511. The molecule has 102 valence electrons. The van der Waals surface area contributed by atoms with Crippen LogP contribution >= 0.6 is 27.5 Å². The lowest BCUT2D eigenvalue weighted by atomic mass is 10.0. The molecule has 0 fully saturated rings. The molecule has 0 aliphatic heterocycles. The Morgan fingerprint density at radius 3 is 2.55 bits per heavy atom. The van der Waals surface area contributed by atoms with Crippen molar-refractivity contribution < 1.29 is 4.39 Å². The highest BCUT2D eigenvalue weighted by Gasteiger charge is 2.16. The number of halogens is 3. The van der Waals surface area contributed by atoms with Crippen molar-refractivity contribution in [2.75, 3.05) is 0 Å². The van der Waals surface area contributed by atoms with Crippen LogP contribution in [0.1, 0.15) is 16.5 Å². The van der Waals surface area contributed by atoms with E-state index < -0.39 is 5.38 Å². The van der Waals surface area contributed by atoms with Crippen molar-refractivity contribution >= 4 is 38.6 Å². The van der Waals surface area contributed by atoms with Crippen LogP contribution in [0.4, 0.5) is 4.39 Å². The van der Waals surface area contributed by atoms with Crippen LogP contribution in [0.15, 0.2) is 45.7 Å². The van der Waals surface area contributed by atoms with Gasteiger partial charge in [-0.15, -0.1) is 11.6 Å². The van der Waals surface area contributed by atoms with Crippen LogP contribution < -0.4 is 5.69 Å². The van der Waals surface area contributed by atoms with Gasteiger partial charge in [-0.05, 0) is 35.4 Å². The van der Waals surface area contributed by atoms with Crippen molar-refractivity contribution in [2.45, 2.75) is 5.38 Å². The molecule has 2 N–H and O–H groups in total. The van der Waals surface area contributed by atoms with E-state index in [1.54, 1.807) is 24.3 Å². The molecular weight excluding hydrogens is 347 g/mol. The molecule has 0 radical (unpaired) electrons. The lowest BCUT2D eigenvalue weighted by Crippen LogP contribution is -1.99. The number of rotatable bonds is 2. The molecule has 0 aliphatic carbocycles. The lowest BCUT2D eigenvalue weighted by molar-refractivity contribution is 0.626. The van der Waals surface area contributed by atoms with Crippen LogP contribution in [0.3, 0.4) is 0 Å². The average Bonchev–Trinajstić information content (AvgIpc) is 2.76. The SMILES string of the molecule is O=c1[nH]c2cc(Br)c(C(Cl)c3cccc(F)c3)cc2[nH]1. The number of imidazole rings is 1. The summed E-state index contributed by atoms with van der Waals surface area (Å²) in [6.07, 6.45) is 0. The van der Waals surface area contributed by atoms with E-state index in [2.05, 4.69) is 25.9 Å². The Balaban J connectivity index is 2.13. The normalized spacial score (nSPS) is 12.8. The van der Waals surface area contributed by atoms with Gasteiger partial charge in [0.05, 0.1) is 16.4 Å². The molecule has 0 spiro atoms. The van der Waals surface area contributed by atoms with Crippen LogP contribution in [0, 0.1) is 5.82 Å². The molecular formula is C14H9BrClFN2O. The first-order valence-corrected chi connectivity index (χ1v) is 7.08. The summed E-state index contributed by atoms with van der Waals surface area (Å²) in [5.74, 6) is -0.333. The molecule has 1 atom stereocenters. The Hall–Kier alpha value is -1.59. The Morgan fingerprint density at radius 1 is 1.15 bits per heavy atom. The molecule has 20 heavy (non-hydrogen) atoms. The second-order valence-electron chi connectivity index (χ2n) is 4.42. The molecule has 3 nitrogen and oxygen atoms in total. The van der Waals surface area contributed by atoms with Gasteiger partial charge in [0.1, 0.15) is 5.82 Å². The van der Waals surface area contributed by atoms with E-state index in [0.29, 0.717) is 16.6 Å². The average molecular weight is 356 g/mol. The van der Waals surface area contributed by atoms with Gasteiger partial charge in [0.15, 0.2) is 0 Å². The van der Waals surface area contributed by atoms with E-state index in [9.17, 15) is 9.18 Å². The fraction of sp³-hybridized carbons (Fsp3) is 0.0714. The topological polar surface area (TPSA) is 48.6 Å². The number of alkyl halides is 1. The van der Waals surface area contributed by atoms with Crippen molar-refractivity contribution in [1.29, 1.82) is 0 Å². The van der Waals surface area contributed by atoms with Crippen LogP contribution in [0.2, 0.25) is 0 Å². The van der Waals surface area contributed by atoms with Crippen molar-refractivity contribution in [2.24, 2.45) is 0 Å². The monoisotopic (exact) mass is 354 g/mol. The maximum absolute atomic E-state index is 13.3. The third kappa shape index (κ3) is 2.39. The van der Waals surface area contributed by atoms with Gasteiger partial charge in [-0.1, -0.05) is 28.1 Å². The maximum atomic E-state index is 13.3. The standard InChI is InChI=1S/C14H9BrClFN2O/c15-10-6-12-11(18-14(20)19-12)5-9(10)13(16)7-2-1-3-8(17)4-7/h1-6,13H,(H2,18,19,20). The number of H-pyrrole nitrogens is 2. The third-order valence-corrected chi connectivity index (χ3v) is 4.22. The first-order valence-electron chi connectivity index (χ1n) is 5.85. The minimum absolute atomic E-state index is 0.277. The number of hydrogen-bond donors (Lipinski definition) is 2. The number of aromatic nitrogens is 2.